The van der Waals surface area contributed by atoms with E-state index in [0.717, 1.165) is 6.42 Å². The lowest BCUT2D eigenvalue weighted by atomic mass is 9.80. The first kappa shape index (κ1) is 14.1. The molecule has 0 amide bonds. The summed E-state index contributed by atoms with van der Waals surface area (Å²) in [6, 6.07) is 0. The second-order valence-electron chi connectivity index (χ2n) is 5.79. The van der Waals surface area contributed by atoms with Crippen LogP contribution in [0.5, 0.6) is 0 Å². The molecule has 1 aliphatic heterocycles. The molecule has 2 saturated carbocycles. The molecule has 3 fully saturated rings. The van der Waals surface area contributed by atoms with Crippen molar-refractivity contribution in [1.82, 2.24) is 0 Å². The summed E-state index contributed by atoms with van der Waals surface area (Å²) in [5.41, 5.74) is 0.295. The van der Waals surface area contributed by atoms with Gasteiger partial charge in [-0.2, -0.15) is 0 Å². The van der Waals surface area contributed by atoms with Gasteiger partial charge in [0, 0.05) is 17.9 Å². The van der Waals surface area contributed by atoms with E-state index in [4.69, 9.17) is 14.2 Å². The van der Waals surface area contributed by atoms with Crippen LogP contribution in [0.15, 0.2) is 12.2 Å². The Morgan fingerprint density at radius 2 is 2.10 bits per heavy atom. The number of hydrogen-bond donors (Lipinski definition) is 0. The predicted octanol–water partition coefficient (Wildman–Crippen LogP) is 0.661. The van der Waals surface area contributed by atoms with Crippen LogP contribution in [-0.4, -0.2) is 37.2 Å². The SMILES string of the molecule is C=C(C)C(=O)OCCOC(=O)C1C2[CH]C3OC(=O)C1C3C2. The van der Waals surface area contributed by atoms with Crippen LogP contribution in [-0.2, 0) is 28.6 Å². The average Bonchev–Trinajstić information content (AvgIpc) is 3.03. The quantitative estimate of drug-likeness (QED) is 0.321. The number of ether oxygens (including phenoxy) is 3. The van der Waals surface area contributed by atoms with Crippen molar-refractivity contribution in [2.75, 3.05) is 13.2 Å². The molecule has 1 heterocycles. The molecule has 113 valence electrons. The fraction of sp³-hybridized carbons (Fsp3) is 0.600. The Kier molecular flexibility index (Phi) is 3.47. The van der Waals surface area contributed by atoms with Gasteiger partial charge >= 0.3 is 17.9 Å². The highest BCUT2D eigenvalue weighted by Crippen LogP contribution is 2.57. The summed E-state index contributed by atoms with van der Waals surface area (Å²) in [7, 11) is 0. The van der Waals surface area contributed by atoms with E-state index < -0.39 is 17.9 Å². The van der Waals surface area contributed by atoms with Crippen molar-refractivity contribution < 1.29 is 28.6 Å². The summed E-state index contributed by atoms with van der Waals surface area (Å²) >= 11 is 0. The average molecular weight is 293 g/mol. The van der Waals surface area contributed by atoms with Crippen molar-refractivity contribution in [2.45, 2.75) is 19.4 Å². The molecule has 0 N–H and O–H groups in total. The molecule has 0 spiro atoms. The van der Waals surface area contributed by atoms with Crippen LogP contribution >= 0.6 is 0 Å². The summed E-state index contributed by atoms with van der Waals surface area (Å²) < 4.78 is 15.2. The molecule has 0 aromatic carbocycles. The van der Waals surface area contributed by atoms with Gasteiger partial charge in [0.1, 0.15) is 19.3 Å². The molecule has 6 heteroatoms. The normalized spacial score (nSPS) is 35.5. The number of hydrogen-bond acceptors (Lipinski definition) is 6. The number of carbonyl (C=O) groups excluding carboxylic acids is 3. The molecule has 0 aromatic heterocycles. The first-order chi connectivity index (χ1) is 9.99. The van der Waals surface area contributed by atoms with Crippen molar-refractivity contribution in [3.05, 3.63) is 18.6 Å². The van der Waals surface area contributed by atoms with Gasteiger partial charge in [-0.05, 0) is 19.3 Å². The molecule has 2 aliphatic carbocycles. The zero-order valence-electron chi connectivity index (χ0n) is 11.7. The fourth-order valence-electron chi connectivity index (χ4n) is 3.54. The largest absolute Gasteiger partial charge is 0.462 e. The van der Waals surface area contributed by atoms with Gasteiger partial charge in [0.15, 0.2) is 0 Å². The van der Waals surface area contributed by atoms with Crippen molar-refractivity contribution in [3.8, 4) is 0 Å². The Hall–Kier alpha value is -1.85. The van der Waals surface area contributed by atoms with Crippen LogP contribution in [0.4, 0.5) is 0 Å². The van der Waals surface area contributed by atoms with E-state index in [1.165, 1.54) is 0 Å². The zero-order chi connectivity index (χ0) is 15.1. The van der Waals surface area contributed by atoms with E-state index in [-0.39, 0.29) is 43.0 Å². The van der Waals surface area contributed by atoms with Crippen LogP contribution in [0.3, 0.4) is 0 Å². The molecular formula is C15H17O6. The van der Waals surface area contributed by atoms with Gasteiger partial charge in [0.05, 0.1) is 11.8 Å². The highest BCUT2D eigenvalue weighted by molar-refractivity contribution is 5.87. The molecule has 0 aromatic rings. The van der Waals surface area contributed by atoms with Gasteiger partial charge in [-0.3, -0.25) is 9.59 Å². The maximum Gasteiger partial charge on any atom is 0.333 e. The Labute approximate surface area is 122 Å². The van der Waals surface area contributed by atoms with E-state index in [0.29, 0.717) is 5.57 Å². The number of esters is 3. The van der Waals surface area contributed by atoms with E-state index in [1.54, 1.807) is 6.92 Å². The van der Waals surface area contributed by atoms with E-state index in [2.05, 4.69) is 6.58 Å². The second kappa shape index (κ2) is 5.16. The zero-order valence-corrected chi connectivity index (χ0v) is 11.7. The third-order valence-electron chi connectivity index (χ3n) is 4.42. The van der Waals surface area contributed by atoms with E-state index in [9.17, 15) is 14.4 Å². The smallest absolute Gasteiger partial charge is 0.333 e. The summed E-state index contributed by atoms with van der Waals surface area (Å²) in [6.45, 7) is 4.97. The standard InChI is InChI=1S/C15H17O6/c1-7(2)13(16)19-3-4-20-14(17)11-8-5-9-10(6-8)21-15(18)12(9)11/h6,8-12H,1,3-5H2,2H3. The van der Waals surface area contributed by atoms with E-state index >= 15 is 0 Å². The first-order valence-corrected chi connectivity index (χ1v) is 7.04. The van der Waals surface area contributed by atoms with Gasteiger partial charge in [-0.15, -0.1) is 0 Å². The maximum absolute atomic E-state index is 12.1. The predicted molar refractivity (Wildman–Crippen MR) is 69.5 cm³/mol. The van der Waals surface area contributed by atoms with Crippen molar-refractivity contribution in [2.24, 2.45) is 23.7 Å². The molecule has 3 rings (SSSR count). The lowest BCUT2D eigenvalue weighted by Crippen LogP contribution is -2.34. The second-order valence-corrected chi connectivity index (χ2v) is 5.79. The molecule has 5 atom stereocenters. The highest BCUT2D eigenvalue weighted by atomic mass is 16.6. The molecule has 3 aliphatic rings. The Morgan fingerprint density at radius 3 is 2.81 bits per heavy atom. The molecule has 2 bridgehead atoms. The fourth-order valence-corrected chi connectivity index (χ4v) is 3.54. The number of carbonyl (C=O) groups is 3. The molecule has 1 radical (unpaired) electrons. The van der Waals surface area contributed by atoms with Crippen LogP contribution in [0, 0.1) is 30.1 Å². The monoisotopic (exact) mass is 293 g/mol. The minimum absolute atomic E-state index is 0.0142. The molecule has 6 nitrogen and oxygen atoms in total. The topological polar surface area (TPSA) is 78.9 Å². The number of fused-ring (bicyclic) bond motifs is 1. The van der Waals surface area contributed by atoms with Gasteiger partial charge in [-0.25, -0.2) is 4.79 Å². The minimum Gasteiger partial charge on any atom is -0.462 e. The van der Waals surface area contributed by atoms with Gasteiger partial charge < -0.3 is 14.2 Å². The summed E-state index contributed by atoms with van der Waals surface area (Å²) in [5.74, 6) is -1.84. The molecular weight excluding hydrogens is 276 g/mol. The van der Waals surface area contributed by atoms with Gasteiger partial charge in [0.25, 0.3) is 0 Å². The summed E-state index contributed by atoms with van der Waals surface area (Å²) in [5, 5.41) is 0. The van der Waals surface area contributed by atoms with Crippen molar-refractivity contribution in [1.29, 1.82) is 0 Å². The Balaban J connectivity index is 1.49. The Bertz CT molecular complexity index is 508. The lowest BCUT2D eigenvalue weighted by Gasteiger charge is -2.22. The Morgan fingerprint density at radius 1 is 1.38 bits per heavy atom. The van der Waals surface area contributed by atoms with Crippen LogP contribution in [0.1, 0.15) is 13.3 Å². The van der Waals surface area contributed by atoms with Crippen LogP contribution in [0.25, 0.3) is 0 Å². The molecule has 1 saturated heterocycles. The molecule has 21 heavy (non-hydrogen) atoms. The minimum atomic E-state index is -0.512. The van der Waals surface area contributed by atoms with Crippen molar-refractivity contribution >= 4 is 17.9 Å². The summed E-state index contributed by atoms with van der Waals surface area (Å²) in [4.78, 5) is 35.1. The first-order valence-electron chi connectivity index (χ1n) is 7.04. The number of rotatable bonds is 5. The molecule has 5 unspecified atom stereocenters. The lowest BCUT2D eigenvalue weighted by molar-refractivity contribution is -0.158. The highest BCUT2D eigenvalue weighted by Gasteiger charge is 2.64. The third kappa shape index (κ3) is 2.32. The maximum atomic E-state index is 12.1. The van der Waals surface area contributed by atoms with E-state index in [1.807, 2.05) is 6.42 Å². The van der Waals surface area contributed by atoms with Crippen molar-refractivity contribution in [3.63, 3.8) is 0 Å². The third-order valence-corrected chi connectivity index (χ3v) is 4.42. The van der Waals surface area contributed by atoms with Gasteiger partial charge in [0.2, 0.25) is 0 Å². The van der Waals surface area contributed by atoms with Gasteiger partial charge in [-0.1, -0.05) is 6.58 Å². The summed E-state index contributed by atoms with van der Waals surface area (Å²) in [6.07, 6.45) is 2.64. The van der Waals surface area contributed by atoms with Crippen LogP contribution in [0.2, 0.25) is 0 Å². The van der Waals surface area contributed by atoms with Crippen LogP contribution < -0.4 is 0 Å².